The zero-order valence-electron chi connectivity index (χ0n) is 10.5. The van der Waals surface area contributed by atoms with Crippen molar-refractivity contribution in [2.75, 3.05) is 13.1 Å². The number of fused-ring (bicyclic) bond motifs is 1. The van der Waals surface area contributed by atoms with Gasteiger partial charge in [-0.15, -0.1) is 0 Å². The summed E-state index contributed by atoms with van der Waals surface area (Å²) in [6.07, 6.45) is 3.37. The molecule has 2 atom stereocenters. The summed E-state index contributed by atoms with van der Waals surface area (Å²) in [5.74, 6) is 0. The molecule has 0 aromatic rings. The molecule has 0 saturated carbocycles. The fraction of sp³-hybridized carbons (Fsp3) is 0.917. The Morgan fingerprint density at radius 1 is 1.38 bits per heavy atom. The third kappa shape index (κ3) is 2.48. The Labute approximate surface area is 97.3 Å². The molecule has 0 aromatic heterocycles. The van der Waals surface area contributed by atoms with Gasteiger partial charge in [-0.1, -0.05) is 6.42 Å². The van der Waals surface area contributed by atoms with Crippen molar-refractivity contribution < 1.29 is 9.53 Å². The van der Waals surface area contributed by atoms with E-state index < -0.39 is 0 Å². The molecule has 2 heterocycles. The number of ether oxygens (including phenoxy) is 1. The van der Waals surface area contributed by atoms with Crippen molar-refractivity contribution in [1.29, 1.82) is 0 Å². The van der Waals surface area contributed by atoms with E-state index in [1.807, 2.05) is 25.7 Å². The second-order valence-corrected chi connectivity index (χ2v) is 5.76. The minimum absolute atomic E-state index is 0.155. The summed E-state index contributed by atoms with van der Waals surface area (Å²) in [7, 11) is 0. The molecule has 1 amide bonds. The van der Waals surface area contributed by atoms with Crippen LogP contribution in [0.5, 0.6) is 0 Å². The van der Waals surface area contributed by atoms with Crippen LogP contribution >= 0.6 is 0 Å². The van der Waals surface area contributed by atoms with Crippen LogP contribution in [0.25, 0.3) is 0 Å². The van der Waals surface area contributed by atoms with E-state index in [-0.39, 0.29) is 11.7 Å². The van der Waals surface area contributed by atoms with Crippen molar-refractivity contribution in [2.45, 2.75) is 57.7 Å². The van der Waals surface area contributed by atoms with E-state index in [0.29, 0.717) is 12.1 Å². The topological polar surface area (TPSA) is 41.6 Å². The van der Waals surface area contributed by atoms with E-state index in [2.05, 4.69) is 5.32 Å². The molecule has 2 unspecified atom stereocenters. The van der Waals surface area contributed by atoms with Crippen molar-refractivity contribution >= 4 is 6.09 Å². The SMILES string of the molecule is CC(C)(C)OC(=O)N1CC2NCCCCC21. The maximum absolute atomic E-state index is 11.9. The highest BCUT2D eigenvalue weighted by molar-refractivity contribution is 5.70. The first kappa shape index (κ1) is 11.7. The molecule has 2 rings (SSSR count). The summed E-state index contributed by atoms with van der Waals surface area (Å²) in [4.78, 5) is 13.8. The molecule has 1 N–H and O–H groups in total. The number of nitrogens with one attached hydrogen (secondary N) is 1. The van der Waals surface area contributed by atoms with E-state index >= 15 is 0 Å². The van der Waals surface area contributed by atoms with Crippen molar-refractivity contribution in [3.63, 3.8) is 0 Å². The number of hydrogen-bond donors (Lipinski definition) is 1. The van der Waals surface area contributed by atoms with Gasteiger partial charge in [0.2, 0.25) is 0 Å². The zero-order valence-corrected chi connectivity index (χ0v) is 10.5. The van der Waals surface area contributed by atoms with Gasteiger partial charge < -0.3 is 15.0 Å². The van der Waals surface area contributed by atoms with Gasteiger partial charge in [0.05, 0.1) is 6.04 Å². The van der Waals surface area contributed by atoms with Gasteiger partial charge in [0.25, 0.3) is 0 Å². The second kappa shape index (κ2) is 4.24. The predicted octanol–water partition coefficient (Wildman–Crippen LogP) is 1.75. The van der Waals surface area contributed by atoms with E-state index in [0.717, 1.165) is 19.5 Å². The lowest BCUT2D eigenvalue weighted by Crippen LogP contribution is -2.67. The average molecular weight is 226 g/mol. The molecular formula is C12H22N2O2. The average Bonchev–Trinajstić information content (AvgIpc) is 2.25. The highest BCUT2D eigenvalue weighted by Crippen LogP contribution is 2.27. The molecule has 2 aliphatic rings. The second-order valence-electron chi connectivity index (χ2n) is 5.76. The van der Waals surface area contributed by atoms with E-state index in [9.17, 15) is 4.79 Å². The van der Waals surface area contributed by atoms with Crippen LogP contribution in [0.15, 0.2) is 0 Å². The van der Waals surface area contributed by atoms with Crippen molar-refractivity contribution in [1.82, 2.24) is 10.2 Å². The Balaban J connectivity index is 1.90. The summed E-state index contributed by atoms with van der Waals surface area (Å²) >= 11 is 0. The Kier molecular flexibility index (Phi) is 3.10. The fourth-order valence-electron chi connectivity index (χ4n) is 2.40. The summed E-state index contributed by atoms with van der Waals surface area (Å²) in [5.41, 5.74) is -0.389. The smallest absolute Gasteiger partial charge is 0.410 e. The number of amides is 1. The Bertz CT molecular complexity index is 273. The number of hydrogen-bond acceptors (Lipinski definition) is 3. The number of nitrogens with zero attached hydrogens (tertiary/aromatic N) is 1. The van der Waals surface area contributed by atoms with Gasteiger partial charge in [-0.2, -0.15) is 0 Å². The molecule has 2 aliphatic heterocycles. The third-order valence-corrected chi connectivity index (χ3v) is 3.22. The van der Waals surface area contributed by atoms with Crippen LogP contribution < -0.4 is 5.32 Å². The highest BCUT2D eigenvalue weighted by atomic mass is 16.6. The molecule has 2 saturated heterocycles. The molecule has 0 aliphatic carbocycles. The number of rotatable bonds is 0. The van der Waals surface area contributed by atoms with Crippen LogP contribution in [0.1, 0.15) is 40.0 Å². The van der Waals surface area contributed by atoms with Crippen molar-refractivity contribution in [2.24, 2.45) is 0 Å². The lowest BCUT2D eigenvalue weighted by Gasteiger charge is -2.47. The Hall–Kier alpha value is -0.770. The van der Waals surface area contributed by atoms with Crippen molar-refractivity contribution in [3.05, 3.63) is 0 Å². The first-order valence-electron chi connectivity index (χ1n) is 6.20. The molecule has 0 radical (unpaired) electrons. The lowest BCUT2D eigenvalue weighted by molar-refractivity contribution is -0.0182. The molecule has 0 spiro atoms. The van der Waals surface area contributed by atoms with Crippen LogP contribution in [0.3, 0.4) is 0 Å². The van der Waals surface area contributed by atoms with Gasteiger partial charge in [-0.25, -0.2) is 4.79 Å². The van der Waals surface area contributed by atoms with Gasteiger partial charge in [0.1, 0.15) is 5.60 Å². The molecule has 4 nitrogen and oxygen atoms in total. The summed E-state index contributed by atoms with van der Waals surface area (Å²) in [6, 6.07) is 0.854. The predicted molar refractivity (Wildman–Crippen MR) is 62.4 cm³/mol. The Morgan fingerprint density at radius 3 is 2.81 bits per heavy atom. The van der Waals surface area contributed by atoms with E-state index in [1.54, 1.807) is 0 Å². The highest BCUT2D eigenvalue weighted by Gasteiger charge is 2.43. The normalized spacial score (nSPS) is 30.1. The van der Waals surface area contributed by atoms with Gasteiger partial charge in [-0.05, 0) is 40.2 Å². The first-order valence-corrected chi connectivity index (χ1v) is 6.20. The van der Waals surface area contributed by atoms with Crippen LogP contribution in [-0.2, 0) is 4.74 Å². The number of carbonyl (C=O) groups excluding carboxylic acids is 1. The molecule has 92 valence electrons. The van der Waals surface area contributed by atoms with Crippen LogP contribution in [-0.4, -0.2) is 41.8 Å². The monoisotopic (exact) mass is 226 g/mol. The van der Waals surface area contributed by atoms with Gasteiger partial charge in [-0.3, -0.25) is 0 Å². The van der Waals surface area contributed by atoms with Gasteiger partial charge in [0, 0.05) is 12.6 Å². The molecule has 4 heteroatoms. The van der Waals surface area contributed by atoms with Crippen LogP contribution in [0.4, 0.5) is 4.79 Å². The van der Waals surface area contributed by atoms with Crippen LogP contribution in [0.2, 0.25) is 0 Å². The molecule has 2 fully saturated rings. The lowest BCUT2D eigenvalue weighted by atomic mass is 9.94. The van der Waals surface area contributed by atoms with Crippen LogP contribution in [0, 0.1) is 0 Å². The zero-order chi connectivity index (χ0) is 11.8. The maximum atomic E-state index is 11.9. The Morgan fingerprint density at radius 2 is 2.12 bits per heavy atom. The summed E-state index contributed by atoms with van der Waals surface area (Å²) < 4.78 is 5.39. The summed E-state index contributed by atoms with van der Waals surface area (Å²) in [5, 5.41) is 3.48. The van der Waals surface area contributed by atoms with E-state index in [4.69, 9.17) is 4.74 Å². The number of likely N-dealkylation sites (tertiary alicyclic amines) is 1. The van der Waals surface area contributed by atoms with Gasteiger partial charge >= 0.3 is 6.09 Å². The fourth-order valence-corrected chi connectivity index (χ4v) is 2.40. The number of carbonyl (C=O) groups is 1. The minimum atomic E-state index is -0.389. The van der Waals surface area contributed by atoms with E-state index in [1.165, 1.54) is 12.8 Å². The first-order chi connectivity index (χ1) is 7.47. The molecule has 16 heavy (non-hydrogen) atoms. The maximum Gasteiger partial charge on any atom is 0.410 e. The standard InChI is InChI=1S/C12H22N2O2/c1-12(2,3)16-11(15)14-8-9-10(14)6-4-5-7-13-9/h9-10,13H,4-8H2,1-3H3. The molecule has 0 aromatic carbocycles. The molecular weight excluding hydrogens is 204 g/mol. The third-order valence-electron chi connectivity index (χ3n) is 3.22. The van der Waals surface area contributed by atoms with Crippen molar-refractivity contribution in [3.8, 4) is 0 Å². The van der Waals surface area contributed by atoms with Gasteiger partial charge in [0.15, 0.2) is 0 Å². The largest absolute Gasteiger partial charge is 0.444 e. The summed E-state index contributed by atoms with van der Waals surface area (Å²) in [6.45, 7) is 7.62. The molecule has 0 bridgehead atoms. The quantitative estimate of drug-likeness (QED) is 0.684. The minimum Gasteiger partial charge on any atom is -0.444 e.